The normalized spacial score (nSPS) is 11.6. The molecule has 0 aliphatic rings. The molecule has 2 aromatic rings. The van der Waals surface area contributed by atoms with Gasteiger partial charge in [-0.2, -0.15) is 0 Å². The van der Waals surface area contributed by atoms with Gasteiger partial charge in [-0.1, -0.05) is 0 Å². The summed E-state index contributed by atoms with van der Waals surface area (Å²) in [4.78, 5) is 23.9. The van der Waals surface area contributed by atoms with E-state index in [2.05, 4.69) is 69.0 Å². The standard InChI is InChI=1S/C19H18Br4N2O5/c1-29-17-13(22)6-10(7-14(17)23)8-15(30-19(24)28)18(27)25-3-2-9-4-11(20)16(26)12(21)5-9/h4-7,15,26H,2-3,8H2,1H3,(H2,24,28)(H,25,27)/t15-/m1/s1. The first-order valence-electron chi connectivity index (χ1n) is 8.55. The SMILES string of the molecule is COc1c(Br)cc(C[C@@H](OC(N)=O)C(=O)NCCc2cc(Br)c(O)c(Br)c2)cc1Br. The lowest BCUT2D eigenvalue weighted by molar-refractivity contribution is -0.129. The number of carbonyl (C=O) groups excluding carboxylic acids is 2. The van der Waals surface area contributed by atoms with Crippen molar-refractivity contribution >= 4 is 75.7 Å². The Balaban J connectivity index is 2.06. The number of halogens is 4. The number of hydrogen-bond acceptors (Lipinski definition) is 5. The molecule has 1 atom stereocenters. The van der Waals surface area contributed by atoms with E-state index >= 15 is 0 Å². The smallest absolute Gasteiger partial charge is 0.405 e. The third kappa shape index (κ3) is 6.86. The van der Waals surface area contributed by atoms with Gasteiger partial charge in [0.2, 0.25) is 0 Å². The maximum absolute atomic E-state index is 12.6. The number of amides is 2. The van der Waals surface area contributed by atoms with E-state index < -0.39 is 18.1 Å². The van der Waals surface area contributed by atoms with Gasteiger partial charge >= 0.3 is 6.09 Å². The molecule has 0 radical (unpaired) electrons. The summed E-state index contributed by atoms with van der Waals surface area (Å²) >= 11 is 13.4. The summed E-state index contributed by atoms with van der Waals surface area (Å²) in [5.74, 6) is 0.255. The van der Waals surface area contributed by atoms with Crippen molar-refractivity contribution in [2.24, 2.45) is 5.73 Å². The maximum atomic E-state index is 12.6. The minimum Gasteiger partial charge on any atom is -0.506 e. The molecule has 0 heterocycles. The fourth-order valence-corrected chi connectivity index (χ4v) is 5.56. The quantitative estimate of drug-likeness (QED) is 0.373. The molecule has 162 valence electrons. The zero-order valence-corrected chi connectivity index (χ0v) is 22.0. The lowest BCUT2D eigenvalue weighted by Gasteiger charge is -2.18. The molecule has 4 N–H and O–H groups in total. The molecular formula is C19H18Br4N2O5. The highest BCUT2D eigenvalue weighted by Crippen LogP contribution is 2.35. The summed E-state index contributed by atoms with van der Waals surface area (Å²) < 4.78 is 12.8. The van der Waals surface area contributed by atoms with E-state index in [1.807, 2.05) is 0 Å². The minimum atomic E-state index is -1.09. The second kappa shape index (κ2) is 11.4. The van der Waals surface area contributed by atoms with Crippen LogP contribution in [0.4, 0.5) is 4.79 Å². The van der Waals surface area contributed by atoms with E-state index in [1.165, 1.54) is 0 Å². The number of rotatable bonds is 8. The largest absolute Gasteiger partial charge is 0.506 e. The highest BCUT2D eigenvalue weighted by Gasteiger charge is 2.23. The van der Waals surface area contributed by atoms with E-state index in [-0.39, 0.29) is 12.2 Å². The number of nitrogens with two attached hydrogens (primary N) is 1. The monoisotopic (exact) mass is 670 g/mol. The zero-order valence-electron chi connectivity index (χ0n) is 15.7. The van der Waals surface area contributed by atoms with Crippen molar-refractivity contribution < 1.29 is 24.2 Å². The van der Waals surface area contributed by atoms with Crippen LogP contribution in [0.15, 0.2) is 42.2 Å². The average Bonchev–Trinajstić information content (AvgIpc) is 2.65. The Bertz CT molecular complexity index is 909. The second-order valence-electron chi connectivity index (χ2n) is 6.17. The molecule has 7 nitrogen and oxygen atoms in total. The first-order valence-corrected chi connectivity index (χ1v) is 11.7. The number of primary amides is 1. The van der Waals surface area contributed by atoms with E-state index in [0.29, 0.717) is 36.6 Å². The third-order valence-corrected chi connectivity index (χ3v) is 6.41. The summed E-state index contributed by atoms with van der Waals surface area (Å²) in [6.45, 7) is 0.303. The molecule has 0 aliphatic heterocycles. The van der Waals surface area contributed by atoms with Crippen LogP contribution >= 0.6 is 63.7 Å². The molecule has 2 rings (SSSR count). The number of phenolic OH excluding ortho intramolecular Hbond substituents is 1. The summed E-state index contributed by atoms with van der Waals surface area (Å²) in [5, 5.41) is 12.5. The Kier molecular flexibility index (Phi) is 9.45. The molecule has 0 saturated heterocycles. The molecule has 2 aromatic carbocycles. The van der Waals surface area contributed by atoms with Crippen molar-refractivity contribution in [1.82, 2.24) is 5.32 Å². The predicted octanol–water partition coefficient (Wildman–Crippen LogP) is 4.82. The van der Waals surface area contributed by atoms with Gasteiger partial charge in [-0.05, 0) is 106 Å². The summed E-state index contributed by atoms with van der Waals surface area (Å²) in [7, 11) is 1.54. The molecule has 0 saturated carbocycles. The van der Waals surface area contributed by atoms with Crippen LogP contribution < -0.4 is 15.8 Å². The van der Waals surface area contributed by atoms with E-state index in [9.17, 15) is 14.7 Å². The topological polar surface area (TPSA) is 111 Å². The molecule has 0 aliphatic carbocycles. The van der Waals surface area contributed by atoms with Crippen LogP contribution in [0.2, 0.25) is 0 Å². The van der Waals surface area contributed by atoms with Crippen LogP contribution in [0.3, 0.4) is 0 Å². The number of hydrogen-bond donors (Lipinski definition) is 3. The summed E-state index contributed by atoms with van der Waals surface area (Å²) in [6.07, 6.45) is -1.49. The number of carbonyl (C=O) groups is 2. The Hall–Kier alpha value is -1.30. The van der Waals surface area contributed by atoms with E-state index in [4.69, 9.17) is 15.2 Å². The van der Waals surface area contributed by atoms with Gasteiger partial charge in [0, 0.05) is 13.0 Å². The molecule has 0 spiro atoms. The maximum Gasteiger partial charge on any atom is 0.405 e. The van der Waals surface area contributed by atoms with Crippen LogP contribution in [0, 0.1) is 0 Å². The van der Waals surface area contributed by atoms with Crippen molar-refractivity contribution in [3.05, 3.63) is 53.3 Å². The minimum absolute atomic E-state index is 0.106. The van der Waals surface area contributed by atoms with Crippen LogP contribution in [-0.4, -0.2) is 36.9 Å². The van der Waals surface area contributed by atoms with Gasteiger partial charge in [-0.25, -0.2) is 4.79 Å². The lowest BCUT2D eigenvalue weighted by Crippen LogP contribution is -2.41. The Labute approximate surface area is 207 Å². The number of aromatic hydroxyl groups is 1. The van der Waals surface area contributed by atoms with Crippen LogP contribution in [0.5, 0.6) is 11.5 Å². The van der Waals surface area contributed by atoms with Gasteiger partial charge in [0.05, 0.1) is 25.0 Å². The van der Waals surface area contributed by atoms with Crippen LogP contribution in [0.1, 0.15) is 11.1 Å². The highest BCUT2D eigenvalue weighted by atomic mass is 79.9. The number of benzene rings is 2. The van der Waals surface area contributed by atoms with E-state index in [0.717, 1.165) is 11.1 Å². The molecule has 30 heavy (non-hydrogen) atoms. The fraction of sp³-hybridized carbons (Fsp3) is 0.263. The van der Waals surface area contributed by atoms with Crippen LogP contribution in [-0.2, 0) is 22.4 Å². The summed E-state index contributed by atoms with van der Waals surface area (Å²) in [5.41, 5.74) is 6.77. The van der Waals surface area contributed by atoms with Crippen LogP contribution in [0.25, 0.3) is 0 Å². The van der Waals surface area contributed by atoms with Gasteiger partial charge in [0.1, 0.15) is 11.5 Å². The Morgan fingerprint density at radius 3 is 2.07 bits per heavy atom. The Morgan fingerprint density at radius 2 is 1.57 bits per heavy atom. The molecule has 0 fully saturated rings. The molecule has 2 amide bonds. The first kappa shape index (κ1) is 25.0. The lowest BCUT2D eigenvalue weighted by atomic mass is 10.1. The fourth-order valence-electron chi connectivity index (χ4n) is 2.67. The van der Waals surface area contributed by atoms with Gasteiger partial charge in [0.15, 0.2) is 6.10 Å². The molecular weight excluding hydrogens is 656 g/mol. The van der Waals surface area contributed by atoms with Crippen molar-refractivity contribution in [1.29, 1.82) is 0 Å². The van der Waals surface area contributed by atoms with Gasteiger partial charge in [-0.15, -0.1) is 0 Å². The van der Waals surface area contributed by atoms with Crippen molar-refractivity contribution in [3.8, 4) is 11.5 Å². The predicted molar refractivity (Wildman–Crippen MR) is 127 cm³/mol. The molecule has 0 unspecified atom stereocenters. The van der Waals surface area contributed by atoms with Crippen molar-refractivity contribution in [2.75, 3.05) is 13.7 Å². The van der Waals surface area contributed by atoms with Gasteiger partial charge in [-0.3, -0.25) is 4.79 Å². The molecule has 0 bridgehead atoms. The summed E-state index contributed by atoms with van der Waals surface area (Å²) in [6, 6.07) is 7.07. The van der Waals surface area contributed by atoms with Crippen molar-refractivity contribution in [2.45, 2.75) is 18.9 Å². The van der Waals surface area contributed by atoms with Gasteiger partial charge in [0.25, 0.3) is 5.91 Å². The van der Waals surface area contributed by atoms with Crippen molar-refractivity contribution in [3.63, 3.8) is 0 Å². The third-order valence-electron chi connectivity index (χ3n) is 4.02. The zero-order chi connectivity index (χ0) is 22.4. The number of ether oxygens (including phenoxy) is 2. The average molecular weight is 674 g/mol. The molecule has 11 heteroatoms. The Morgan fingerprint density at radius 1 is 1.03 bits per heavy atom. The number of nitrogens with one attached hydrogen (secondary N) is 1. The van der Waals surface area contributed by atoms with Gasteiger partial charge < -0.3 is 25.6 Å². The van der Waals surface area contributed by atoms with E-state index in [1.54, 1.807) is 31.4 Å². The number of phenols is 1. The highest BCUT2D eigenvalue weighted by molar-refractivity contribution is 9.11. The second-order valence-corrected chi connectivity index (χ2v) is 9.59. The molecule has 0 aromatic heterocycles. The first-order chi connectivity index (χ1) is 14.1. The number of methoxy groups -OCH3 is 1.